The van der Waals surface area contributed by atoms with Gasteiger partial charge in [0.25, 0.3) is 0 Å². The van der Waals surface area contributed by atoms with E-state index in [1.807, 2.05) is 6.07 Å². The Morgan fingerprint density at radius 2 is 2.06 bits per heavy atom. The number of rotatable bonds is 4. The van der Waals surface area contributed by atoms with Crippen LogP contribution in [0, 0.1) is 11.3 Å². The van der Waals surface area contributed by atoms with E-state index in [1.165, 1.54) is 0 Å². The first-order valence-corrected chi connectivity index (χ1v) is 6.34. The second-order valence-electron chi connectivity index (χ2n) is 3.06. The van der Waals surface area contributed by atoms with Crippen LogP contribution in [0.15, 0.2) is 22.7 Å². The Labute approximate surface area is 109 Å². The summed E-state index contributed by atoms with van der Waals surface area (Å²) < 4.78 is 36.3. The van der Waals surface area contributed by atoms with Gasteiger partial charge in [-0.1, -0.05) is 15.9 Å². The van der Waals surface area contributed by atoms with Gasteiger partial charge in [0, 0.05) is 22.5 Å². The minimum Gasteiger partial charge on any atom is -0.384 e. The molecule has 0 aliphatic carbocycles. The van der Waals surface area contributed by atoms with Gasteiger partial charge in [-0.25, -0.2) is 0 Å². The van der Waals surface area contributed by atoms with Gasteiger partial charge in [-0.05, 0) is 30.0 Å². The second-order valence-corrected chi connectivity index (χ2v) is 5.14. The van der Waals surface area contributed by atoms with Gasteiger partial charge in [-0.15, -0.1) is 0 Å². The topological polar surface area (TPSA) is 35.8 Å². The zero-order chi connectivity index (χ0) is 12.9. The van der Waals surface area contributed by atoms with Gasteiger partial charge in [0.1, 0.15) is 0 Å². The zero-order valence-corrected chi connectivity index (χ0v) is 10.9. The van der Waals surface area contributed by atoms with Crippen molar-refractivity contribution >= 4 is 33.4 Å². The van der Waals surface area contributed by atoms with Crippen LogP contribution >= 0.6 is 27.7 Å². The van der Waals surface area contributed by atoms with Gasteiger partial charge in [-0.2, -0.15) is 18.4 Å². The lowest BCUT2D eigenvalue weighted by atomic mass is 10.2. The molecule has 0 fully saturated rings. The highest BCUT2D eigenvalue weighted by Gasteiger charge is 2.27. The third-order valence-electron chi connectivity index (χ3n) is 1.72. The van der Waals surface area contributed by atoms with Crippen LogP contribution in [0.3, 0.4) is 0 Å². The van der Waals surface area contributed by atoms with Crippen LogP contribution in [0.4, 0.5) is 18.9 Å². The van der Waals surface area contributed by atoms with E-state index in [2.05, 4.69) is 21.2 Å². The Kier molecular flexibility index (Phi) is 5.15. The molecule has 0 radical (unpaired) electrons. The number of anilines is 1. The molecule has 1 rings (SSSR count). The molecule has 0 bridgehead atoms. The second kappa shape index (κ2) is 6.17. The number of nitrogens with zero attached hydrogens (tertiary/aromatic N) is 1. The maximum atomic E-state index is 11.8. The SMILES string of the molecule is N#Cc1cc(Br)cc(NCCSC(F)(F)F)c1. The monoisotopic (exact) mass is 324 g/mol. The van der Waals surface area contributed by atoms with Crippen molar-refractivity contribution in [3.63, 3.8) is 0 Å². The first kappa shape index (κ1) is 14.2. The highest BCUT2D eigenvalue weighted by atomic mass is 79.9. The molecule has 0 aliphatic rings. The van der Waals surface area contributed by atoms with Crippen molar-refractivity contribution in [2.45, 2.75) is 5.51 Å². The van der Waals surface area contributed by atoms with Gasteiger partial charge in [0.05, 0.1) is 11.6 Å². The van der Waals surface area contributed by atoms with Crippen molar-refractivity contribution in [1.29, 1.82) is 5.26 Å². The summed E-state index contributed by atoms with van der Waals surface area (Å²) in [6.45, 7) is 0.186. The number of thioether (sulfide) groups is 1. The maximum Gasteiger partial charge on any atom is 0.441 e. The number of benzene rings is 1. The third-order valence-corrected chi connectivity index (χ3v) is 2.92. The molecule has 1 aromatic carbocycles. The third kappa shape index (κ3) is 5.84. The molecule has 1 N–H and O–H groups in total. The molecule has 0 spiro atoms. The fourth-order valence-corrected chi connectivity index (χ4v) is 2.05. The Balaban J connectivity index is 2.47. The maximum absolute atomic E-state index is 11.8. The predicted octanol–water partition coefficient (Wildman–Crippen LogP) is 3.99. The molecule has 1 aromatic rings. The number of halogens is 4. The molecule has 0 amide bonds. The summed E-state index contributed by atoms with van der Waals surface area (Å²) in [6.07, 6.45) is 0. The van der Waals surface area contributed by atoms with Gasteiger partial charge >= 0.3 is 5.51 Å². The molecule has 17 heavy (non-hydrogen) atoms. The molecule has 0 aromatic heterocycles. The predicted molar refractivity (Wildman–Crippen MR) is 65.9 cm³/mol. The lowest BCUT2D eigenvalue weighted by Gasteiger charge is -2.08. The largest absolute Gasteiger partial charge is 0.441 e. The van der Waals surface area contributed by atoms with E-state index in [0.29, 0.717) is 15.7 Å². The first-order valence-electron chi connectivity index (χ1n) is 4.56. The molecule has 0 unspecified atom stereocenters. The highest BCUT2D eigenvalue weighted by molar-refractivity contribution is 9.10. The van der Waals surface area contributed by atoms with Crippen molar-refractivity contribution in [1.82, 2.24) is 0 Å². The van der Waals surface area contributed by atoms with Gasteiger partial charge in [-0.3, -0.25) is 0 Å². The first-order chi connectivity index (χ1) is 7.90. The molecular weight excluding hydrogens is 317 g/mol. The summed E-state index contributed by atoms with van der Waals surface area (Å²) in [5.74, 6) is -0.0715. The normalized spacial score (nSPS) is 11.0. The van der Waals surface area contributed by atoms with Crippen LogP contribution in [-0.4, -0.2) is 17.8 Å². The summed E-state index contributed by atoms with van der Waals surface area (Å²) in [5, 5.41) is 11.5. The van der Waals surface area contributed by atoms with E-state index in [4.69, 9.17) is 5.26 Å². The number of hydrogen-bond acceptors (Lipinski definition) is 3. The summed E-state index contributed by atoms with van der Waals surface area (Å²) in [5.41, 5.74) is -3.12. The number of hydrogen-bond donors (Lipinski definition) is 1. The van der Waals surface area contributed by atoms with Crippen LogP contribution in [-0.2, 0) is 0 Å². The Hall–Kier alpha value is -0.870. The average molecular weight is 325 g/mol. The van der Waals surface area contributed by atoms with Crippen LogP contribution in [0.2, 0.25) is 0 Å². The summed E-state index contributed by atoms with van der Waals surface area (Å²) in [6, 6.07) is 6.90. The van der Waals surface area contributed by atoms with Crippen LogP contribution in [0.5, 0.6) is 0 Å². The van der Waals surface area contributed by atoms with Crippen molar-refractivity contribution in [3.8, 4) is 6.07 Å². The quantitative estimate of drug-likeness (QED) is 0.851. The molecule has 0 saturated carbocycles. The standard InChI is InChI=1S/C10H8BrF3N2S/c11-8-3-7(6-15)4-9(5-8)16-1-2-17-10(12,13)14/h3-5,16H,1-2H2. The lowest BCUT2D eigenvalue weighted by molar-refractivity contribution is -0.0327. The number of alkyl halides is 3. The molecular formula is C10H8BrF3N2S. The fourth-order valence-electron chi connectivity index (χ4n) is 1.12. The summed E-state index contributed by atoms with van der Waals surface area (Å²) >= 11 is 3.15. The molecule has 0 saturated heterocycles. The smallest absolute Gasteiger partial charge is 0.384 e. The Morgan fingerprint density at radius 1 is 1.35 bits per heavy atom. The van der Waals surface area contributed by atoms with Crippen molar-refractivity contribution in [2.75, 3.05) is 17.6 Å². The van der Waals surface area contributed by atoms with Crippen LogP contribution < -0.4 is 5.32 Å². The Morgan fingerprint density at radius 3 is 2.65 bits per heavy atom. The average Bonchev–Trinajstić information content (AvgIpc) is 2.22. The van der Waals surface area contributed by atoms with E-state index < -0.39 is 5.51 Å². The molecule has 0 aliphatic heterocycles. The van der Waals surface area contributed by atoms with E-state index >= 15 is 0 Å². The van der Waals surface area contributed by atoms with Crippen molar-refractivity contribution in [3.05, 3.63) is 28.2 Å². The van der Waals surface area contributed by atoms with E-state index in [0.717, 1.165) is 0 Å². The zero-order valence-electron chi connectivity index (χ0n) is 8.51. The van der Waals surface area contributed by atoms with Crippen molar-refractivity contribution < 1.29 is 13.2 Å². The highest BCUT2D eigenvalue weighted by Crippen LogP contribution is 2.29. The Bertz CT molecular complexity index is 429. The summed E-state index contributed by atoms with van der Waals surface area (Å²) in [7, 11) is 0. The van der Waals surface area contributed by atoms with E-state index in [1.54, 1.807) is 18.2 Å². The van der Waals surface area contributed by atoms with Crippen LogP contribution in [0.25, 0.3) is 0 Å². The molecule has 7 heteroatoms. The minimum atomic E-state index is -4.20. The summed E-state index contributed by atoms with van der Waals surface area (Å²) in [4.78, 5) is 0. The van der Waals surface area contributed by atoms with Gasteiger partial charge < -0.3 is 5.32 Å². The molecule has 0 atom stereocenters. The lowest BCUT2D eigenvalue weighted by Crippen LogP contribution is -2.09. The van der Waals surface area contributed by atoms with Crippen LogP contribution in [0.1, 0.15) is 5.56 Å². The number of nitriles is 1. The van der Waals surface area contributed by atoms with E-state index in [9.17, 15) is 13.2 Å². The number of nitrogens with one attached hydrogen (secondary N) is 1. The minimum absolute atomic E-state index is 0.0715. The molecule has 92 valence electrons. The van der Waals surface area contributed by atoms with Crippen molar-refractivity contribution in [2.24, 2.45) is 0 Å². The van der Waals surface area contributed by atoms with Gasteiger partial charge in [0.15, 0.2) is 0 Å². The van der Waals surface area contributed by atoms with E-state index in [-0.39, 0.29) is 24.1 Å². The molecule has 0 heterocycles. The van der Waals surface area contributed by atoms with Gasteiger partial charge in [0.2, 0.25) is 0 Å². The fraction of sp³-hybridized carbons (Fsp3) is 0.300. The molecule has 2 nitrogen and oxygen atoms in total.